The Balaban J connectivity index is 0.000000129. The first-order valence-electron chi connectivity index (χ1n) is 36.0. The number of nitriles is 6. The van der Waals surface area contributed by atoms with Crippen LogP contribution in [0.15, 0.2) is 195 Å². The van der Waals surface area contributed by atoms with Gasteiger partial charge in [-0.25, -0.2) is 28.2 Å². The summed E-state index contributed by atoms with van der Waals surface area (Å²) in [7, 11) is 0. The lowest BCUT2D eigenvalue weighted by Gasteiger charge is -2.22. The molecule has 18 aromatic rings. The van der Waals surface area contributed by atoms with Gasteiger partial charge in [-0.15, -0.1) is 11.3 Å². The van der Waals surface area contributed by atoms with Crippen LogP contribution in [0, 0.1) is 87.7 Å². The summed E-state index contributed by atoms with van der Waals surface area (Å²) in [6.45, 7) is 39.7. The molecule has 0 fully saturated rings. The number of fused-ring (bicyclic) bond motifs is 6. The first kappa shape index (κ1) is 72.3. The van der Waals surface area contributed by atoms with E-state index >= 15 is 0 Å². The molecule has 0 spiro atoms. The molecule has 18 rings (SSSR count). The van der Waals surface area contributed by atoms with Crippen molar-refractivity contribution >= 4 is 157 Å². The first-order chi connectivity index (χ1) is 55.0. The monoisotopic (exact) mass is 1500 g/mol. The predicted octanol–water partition coefficient (Wildman–Crippen LogP) is 20.4. The maximum atomic E-state index is 14.3. The molecule has 0 atom stereocenters. The van der Waals surface area contributed by atoms with E-state index in [2.05, 4.69) is 51.0 Å². The molecule has 0 saturated carbocycles. The Morgan fingerprint density at radius 3 is 1.03 bits per heavy atom. The summed E-state index contributed by atoms with van der Waals surface area (Å²) in [6, 6.07) is 57.0. The van der Waals surface area contributed by atoms with Gasteiger partial charge in [0.25, 0.3) is 33.4 Å². The van der Waals surface area contributed by atoms with Crippen LogP contribution < -0.4 is 33.4 Å². The Bertz CT molecular complexity index is 7740. The number of hydrogen-bond donors (Lipinski definition) is 0. The van der Waals surface area contributed by atoms with Crippen molar-refractivity contribution in [1.29, 1.82) is 31.6 Å². The van der Waals surface area contributed by atoms with Crippen LogP contribution in [0.3, 0.4) is 0 Å². The molecular weight excluding hydrogens is 1450 g/mol. The molecule has 114 heavy (non-hydrogen) atoms. The van der Waals surface area contributed by atoms with E-state index in [1.165, 1.54) is 44.7 Å². The Hall–Kier alpha value is -15.9. The quantitative estimate of drug-likeness (QED) is 0.0814. The van der Waals surface area contributed by atoms with Gasteiger partial charge in [-0.05, 0) is 154 Å². The maximum absolute atomic E-state index is 14.3. The second-order valence-electron chi connectivity index (χ2n) is 28.9. The van der Waals surface area contributed by atoms with Crippen LogP contribution in [-0.4, -0.2) is 13.7 Å². The number of benzene rings is 12. The molecule has 0 aliphatic carbocycles. The number of para-hydroxylation sites is 3. The Morgan fingerprint density at radius 2 is 0.667 bits per heavy atom. The van der Waals surface area contributed by atoms with Gasteiger partial charge in [0, 0.05) is 84.8 Å². The van der Waals surface area contributed by atoms with Gasteiger partial charge in [-0.3, -0.25) is 28.8 Å². The zero-order valence-corrected chi connectivity index (χ0v) is 62.7. The smallest absolute Gasteiger partial charge is 0.266 e. The molecule has 0 aliphatic rings. The van der Waals surface area contributed by atoms with Crippen LogP contribution in [0.4, 0.5) is 17.1 Å². The molecule has 6 heterocycles. The molecule has 0 unspecified atom stereocenters. The fourth-order valence-corrected chi connectivity index (χ4v) is 17.3. The van der Waals surface area contributed by atoms with Gasteiger partial charge in [-0.2, -0.15) is 31.6 Å². The summed E-state index contributed by atoms with van der Waals surface area (Å²) in [5, 5.41) is 65.8. The van der Waals surface area contributed by atoms with Crippen LogP contribution in [-0.2, 0) is 0 Å². The number of hydrogen-bond acceptors (Lipinski definition) is 15. The van der Waals surface area contributed by atoms with Crippen molar-refractivity contribution in [2.75, 3.05) is 0 Å². The van der Waals surface area contributed by atoms with Gasteiger partial charge < -0.3 is 8.83 Å². The van der Waals surface area contributed by atoms with Gasteiger partial charge >= 0.3 is 0 Å². The van der Waals surface area contributed by atoms with Gasteiger partial charge in [0.05, 0.1) is 123 Å². The van der Waals surface area contributed by atoms with Gasteiger partial charge in [0.1, 0.15) is 22.3 Å². The molecule has 0 aliphatic heterocycles. The fraction of sp³-hybridized carbons (Fsp3) is 0.129. The maximum Gasteiger partial charge on any atom is 0.266 e. The molecule has 0 N–H and O–H groups in total. The topological polar surface area (TPSA) is 299 Å². The molecule has 0 saturated heterocycles. The fourth-order valence-electron chi connectivity index (χ4n) is 16.2. The summed E-state index contributed by atoms with van der Waals surface area (Å²) in [5.74, 6) is 0.140. The van der Waals surface area contributed by atoms with Crippen molar-refractivity contribution in [2.24, 2.45) is 0 Å². The van der Waals surface area contributed by atoms with E-state index in [0.29, 0.717) is 114 Å². The summed E-state index contributed by atoms with van der Waals surface area (Å²) < 4.78 is 17.2. The summed E-state index contributed by atoms with van der Waals surface area (Å²) in [6.07, 6.45) is 0. The number of nitrogens with zero attached hydrogens (tertiary/aromatic N) is 12. The van der Waals surface area contributed by atoms with Crippen molar-refractivity contribution < 1.29 is 8.83 Å². The molecule has 0 amide bonds. The van der Waals surface area contributed by atoms with E-state index in [1.54, 1.807) is 91.0 Å². The van der Waals surface area contributed by atoms with Crippen LogP contribution in [0.2, 0.25) is 0 Å². The highest BCUT2D eigenvalue weighted by molar-refractivity contribution is 7.25. The minimum atomic E-state index is -0.565. The zero-order valence-electron chi connectivity index (χ0n) is 61.9. The minimum absolute atomic E-state index is 0.0266. The lowest BCUT2D eigenvalue weighted by atomic mass is 9.90. The van der Waals surface area contributed by atoms with Crippen molar-refractivity contribution in [3.63, 3.8) is 0 Å². The molecule has 0 radical (unpaired) electrons. The van der Waals surface area contributed by atoms with Crippen molar-refractivity contribution in [3.8, 4) is 53.5 Å². The lowest BCUT2D eigenvalue weighted by Crippen LogP contribution is -2.34. The normalized spacial score (nSPS) is 11.4. The number of rotatable bonds is 7. The second kappa shape index (κ2) is 27.3. The van der Waals surface area contributed by atoms with E-state index in [-0.39, 0.29) is 101 Å². The van der Waals surface area contributed by atoms with Crippen LogP contribution >= 0.6 is 11.3 Å². The minimum Gasteiger partial charge on any atom is -0.467 e. The Morgan fingerprint density at radius 1 is 0.333 bits per heavy atom. The van der Waals surface area contributed by atoms with E-state index in [1.807, 2.05) is 97.9 Å². The predicted molar refractivity (Wildman–Crippen MR) is 444 cm³/mol. The molecule has 6 aromatic heterocycles. The number of pyridine rings is 3. The first-order valence-corrected chi connectivity index (χ1v) is 36.8. The second-order valence-corrected chi connectivity index (χ2v) is 30.0. The standard InChI is InChI=1S/C33H22N4O3.C33H22N4O2S.C27H10N4O3/c2*1-16(2)20-7-6-8-21(17(3)4)30(20)37-32(38)23-12-19(15-35)27-22-11-18(14-34)9-10-26(22)40-31-25(36-5)13-24(33(37)39)28(23)29(27)31;1-30-20-11-19-23-18(26(32)31(27(19)33)16-5-3-2-4-6-16)10-15(13-29)22-17-9-14(12-28)7-8-21(17)34-25(20)24(22)23/h2*6-13,16-17H,1-4H3;2-11H. The Labute approximate surface area is 649 Å². The highest BCUT2D eigenvalue weighted by atomic mass is 32.1. The van der Waals surface area contributed by atoms with Gasteiger partial charge in [0.2, 0.25) is 17.1 Å². The third kappa shape index (κ3) is 10.7. The van der Waals surface area contributed by atoms with Gasteiger partial charge in [-0.1, -0.05) is 110 Å². The van der Waals surface area contributed by atoms with Crippen LogP contribution in [0.25, 0.3) is 160 Å². The molecule has 21 heteroatoms. The van der Waals surface area contributed by atoms with Crippen molar-refractivity contribution in [2.45, 2.75) is 79.1 Å². The highest BCUT2D eigenvalue weighted by Crippen LogP contribution is 2.49. The zero-order chi connectivity index (χ0) is 80.5. The summed E-state index contributed by atoms with van der Waals surface area (Å²) >= 11 is 1.36. The van der Waals surface area contributed by atoms with E-state index < -0.39 is 33.4 Å². The average Bonchev–Trinajstić information content (AvgIpc) is 0.716. The van der Waals surface area contributed by atoms with E-state index in [0.717, 1.165) is 31.5 Å². The average molecular weight is 1500 g/mol. The summed E-state index contributed by atoms with van der Waals surface area (Å²) in [4.78, 5) is 95.5. The van der Waals surface area contributed by atoms with Crippen LogP contribution in [0.5, 0.6) is 0 Å². The lowest BCUT2D eigenvalue weighted by molar-refractivity contribution is 0.663. The third-order valence-corrected chi connectivity index (χ3v) is 22.4. The molecule has 12 aromatic carbocycles. The SMILES string of the molecule is [C-]#[N+]c1cc2c(=O)n(-c3c(C(C)C)cccc3C(C)C)c(=O)c3cc(C#N)c4c5cc(C#N)ccc5oc1c4c23.[C-]#[N+]c1cc2c(=O)n(-c3c(C(C)C)cccc3C(C)C)c(=O)c3cc(C#N)c4c5cc(C#N)ccc5sc1c4c23.[C-]#[N+]c1cc2c(=O)n(-c3ccccc3)c(=O)c3cc(C#N)c4c5cc(C#N)ccc5oc1c4c23. The summed E-state index contributed by atoms with van der Waals surface area (Å²) in [5.41, 5.74) is 5.24. The molecule has 0 bridgehead atoms. The largest absolute Gasteiger partial charge is 0.467 e. The molecular formula is C93H54N12O8S. The number of aromatic nitrogens is 3. The van der Waals surface area contributed by atoms with Crippen molar-refractivity contribution in [1.82, 2.24) is 13.7 Å². The van der Waals surface area contributed by atoms with Gasteiger partial charge in [0.15, 0.2) is 0 Å². The van der Waals surface area contributed by atoms with Crippen LogP contribution in [0.1, 0.15) is 135 Å². The molecule has 540 valence electrons. The van der Waals surface area contributed by atoms with E-state index in [4.69, 9.17) is 28.6 Å². The molecule has 20 nitrogen and oxygen atoms in total. The third-order valence-electron chi connectivity index (χ3n) is 21.3. The van der Waals surface area contributed by atoms with E-state index in [9.17, 15) is 60.3 Å². The Kier molecular flexibility index (Phi) is 17.3. The van der Waals surface area contributed by atoms with Crippen molar-refractivity contribution in [3.05, 3.63) is 310 Å². The highest BCUT2D eigenvalue weighted by Gasteiger charge is 2.31.